The normalized spacial score (nSPS) is 10.8. The first-order valence-corrected chi connectivity index (χ1v) is 8.88. The van der Waals surface area contributed by atoms with Crippen molar-refractivity contribution in [1.29, 1.82) is 0 Å². The molecule has 0 atom stereocenters. The summed E-state index contributed by atoms with van der Waals surface area (Å²) in [7, 11) is 0. The number of aromatic nitrogens is 3. The number of benzene rings is 2. The van der Waals surface area contributed by atoms with Crippen molar-refractivity contribution in [2.75, 3.05) is 5.32 Å². The van der Waals surface area contributed by atoms with Gasteiger partial charge in [0, 0.05) is 16.4 Å². The number of hydrogen-bond donors (Lipinski definition) is 1. The fraction of sp³-hybridized carbons (Fsp3) is 0.0500. The lowest BCUT2D eigenvalue weighted by Crippen LogP contribution is -2.14. The Morgan fingerprint density at radius 1 is 1.12 bits per heavy atom. The Labute approximate surface area is 158 Å². The van der Waals surface area contributed by atoms with Gasteiger partial charge in [-0.2, -0.15) is 0 Å². The average molecular weight is 407 g/mol. The third-order valence-electron chi connectivity index (χ3n) is 4.27. The summed E-state index contributed by atoms with van der Waals surface area (Å²) in [5.41, 5.74) is 4.96. The Morgan fingerprint density at radius 2 is 1.92 bits per heavy atom. The average Bonchev–Trinajstić information content (AvgIpc) is 3.11. The van der Waals surface area contributed by atoms with Gasteiger partial charge in [-0.3, -0.25) is 9.20 Å². The third kappa shape index (κ3) is 2.99. The molecule has 0 aliphatic carbocycles. The topological polar surface area (TPSA) is 59.3 Å². The van der Waals surface area contributed by atoms with Gasteiger partial charge in [0.15, 0.2) is 5.65 Å². The second-order valence-electron chi connectivity index (χ2n) is 5.93. The van der Waals surface area contributed by atoms with Crippen molar-refractivity contribution in [1.82, 2.24) is 14.6 Å². The summed E-state index contributed by atoms with van der Waals surface area (Å²) >= 11 is 3.42. The summed E-state index contributed by atoms with van der Waals surface area (Å²) in [5.74, 6) is -0.224. The first-order valence-electron chi connectivity index (χ1n) is 8.09. The van der Waals surface area contributed by atoms with Gasteiger partial charge in [0.25, 0.3) is 5.91 Å². The molecule has 5 nitrogen and oxygen atoms in total. The largest absolute Gasteiger partial charge is 0.322 e. The molecule has 0 aliphatic heterocycles. The maximum Gasteiger partial charge on any atom is 0.259 e. The molecule has 128 valence electrons. The monoisotopic (exact) mass is 406 g/mol. The molecule has 1 N–H and O–H groups in total. The molecule has 0 unspecified atom stereocenters. The number of anilines is 1. The van der Waals surface area contributed by atoms with E-state index < -0.39 is 0 Å². The Hall–Kier alpha value is -2.99. The second-order valence-corrected chi connectivity index (χ2v) is 6.85. The predicted octanol–water partition coefficient (Wildman–Crippen LogP) is 4.72. The summed E-state index contributed by atoms with van der Waals surface area (Å²) < 4.78 is 2.50. The standard InChI is InChI=1S/C20H15BrN4O/c1-13-16(14-6-3-2-4-7-14)8-5-9-18(13)23-20(26)17-10-15(21)11-25-12-22-24-19(17)25/h2-12H,1H3,(H,23,26). The molecule has 0 aliphatic rings. The maximum absolute atomic E-state index is 12.9. The lowest BCUT2D eigenvalue weighted by atomic mass is 9.99. The molecule has 0 fully saturated rings. The summed E-state index contributed by atoms with van der Waals surface area (Å²) in [6, 6.07) is 17.8. The second kappa shape index (κ2) is 6.72. The third-order valence-corrected chi connectivity index (χ3v) is 4.70. The Balaban J connectivity index is 1.71. The molecule has 0 radical (unpaired) electrons. The van der Waals surface area contributed by atoms with Crippen LogP contribution in [-0.2, 0) is 0 Å². The van der Waals surface area contributed by atoms with Gasteiger partial charge in [-0.05, 0) is 51.7 Å². The van der Waals surface area contributed by atoms with Crippen molar-refractivity contribution in [2.24, 2.45) is 0 Å². The van der Waals surface area contributed by atoms with E-state index >= 15 is 0 Å². The lowest BCUT2D eigenvalue weighted by Gasteiger charge is -2.13. The Bertz CT molecular complexity index is 1110. The van der Waals surface area contributed by atoms with Gasteiger partial charge in [0.05, 0.1) is 5.56 Å². The van der Waals surface area contributed by atoms with Gasteiger partial charge in [-0.15, -0.1) is 10.2 Å². The van der Waals surface area contributed by atoms with Gasteiger partial charge in [0.2, 0.25) is 0 Å². The number of halogens is 1. The van der Waals surface area contributed by atoms with Crippen molar-refractivity contribution >= 4 is 33.2 Å². The molecule has 0 bridgehead atoms. The van der Waals surface area contributed by atoms with Crippen LogP contribution in [0.2, 0.25) is 0 Å². The van der Waals surface area contributed by atoms with E-state index in [1.54, 1.807) is 16.8 Å². The summed E-state index contributed by atoms with van der Waals surface area (Å²) in [4.78, 5) is 12.9. The number of fused-ring (bicyclic) bond motifs is 1. The van der Waals surface area contributed by atoms with Crippen molar-refractivity contribution < 1.29 is 4.79 Å². The van der Waals surface area contributed by atoms with Crippen LogP contribution in [0.5, 0.6) is 0 Å². The number of amides is 1. The van der Waals surface area contributed by atoms with Crippen LogP contribution >= 0.6 is 15.9 Å². The van der Waals surface area contributed by atoms with Gasteiger partial charge in [0.1, 0.15) is 6.33 Å². The quantitative estimate of drug-likeness (QED) is 0.535. The van der Waals surface area contributed by atoms with Crippen molar-refractivity contribution in [2.45, 2.75) is 6.92 Å². The number of rotatable bonds is 3. The SMILES string of the molecule is Cc1c(NC(=O)c2cc(Br)cn3cnnc23)cccc1-c1ccccc1. The molecule has 1 amide bonds. The van der Waals surface area contributed by atoms with Gasteiger partial charge >= 0.3 is 0 Å². The van der Waals surface area contributed by atoms with E-state index in [0.29, 0.717) is 11.2 Å². The number of hydrogen-bond acceptors (Lipinski definition) is 3. The highest BCUT2D eigenvalue weighted by atomic mass is 79.9. The molecule has 2 aromatic heterocycles. The van der Waals surface area contributed by atoms with Crippen LogP contribution < -0.4 is 5.32 Å². The van der Waals surface area contributed by atoms with Gasteiger partial charge < -0.3 is 5.32 Å². The zero-order valence-electron chi connectivity index (χ0n) is 14.0. The lowest BCUT2D eigenvalue weighted by molar-refractivity contribution is 0.102. The van der Waals surface area contributed by atoms with Crippen molar-refractivity contribution in [3.05, 3.63) is 82.7 Å². The minimum atomic E-state index is -0.224. The van der Waals surface area contributed by atoms with Crippen molar-refractivity contribution in [3.8, 4) is 11.1 Å². The molecule has 6 heteroatoms. The van der Waals surface area contributed by atoms with Crippen LogP contribution in [-0.4, -0.2) is 20.5 Å². The number of nitrogens with one attached hydrogen (secondary N) is 1. The fourth-order valence-corrected chi connectivity index (χ4v) is 3.41. The molecule has 0 saturated carbocycles. The molecule has 4 aromatic rings. The van der Waals surface area contributed by atoms with E-state index in [2.05, 4.69) is 49.6 Å². The van der Waals surface area contributed by atoms with Gasteiger partial charge in [-0.25, -0.2) is 0 Å². The molecule has 0 spiro atoms. The van der Waals surface area contributed by atoms with Crippen LogP contribution in [0.4, 0.5) is 5.69 Å². The maximum atomic E-state index is 12.9. The zero-order chi connectivity index (χ0) is 18.1. The van der Waals surface area contributed by atoms with E-state index in [9.17, 15) is 4.79 Å². The molecule has 2 heterocycles. The highest BCUT2D eigenvalue weighted by molar-refractivity contribution is 9.10. The summed E-state index contributed by atoms with van der Waals surface area (Å²) in [6.07, 6.45) is 3.38. The number of carbonyl (C=O) groups is 1. The fourth-order valence-electron chi connectivity index (χ4n) is 2.96. The van der Waals surface area contributed by atoms with Crippen LogP contribution in [0.3, 0.4) is 0 Å². The van der Waals surface area contributed by atoms with Crippen LogP contribution in [0.15, 0.2) is 71.6 Å². The van der Waals surface area contributed by atoms with Crippen LogP contribution in [0.1, 0.15) is 15.9 Å². The summed E-state index contributed by atoms with van der Waals surface area (Å²) in [6.45, 7) is 2.01. The number of carbonyl (C=O) groups excluding carboxylic acids is 1. The first kappa shape index (κ1) is 16.5. The van der Waals surface area contributed by atoms with E-state index in [1.807, 2.05) is 43.5 Å². The van der Waals surface area contributed by atoms with E-state index in [1.165, 1.54) is 0 Å². The minimum Gasteiger partial charge on any atom is -0.322 e. The molecule has 26 heavy (non-hydrogen) atoms. The van der Waals surface area contributed by atoms with E-state index in [4.69, 9.17) is 0 Å². The molecular formula is C20H15BrN4O. The minimum absolute atomic E-state index is 0.224. The van der Waals surface area contributed by atoms with Gasteiger partial charge in [-0.1, -0.05) is 42.5 Å². The highest BCUT2D eigenvalue weighted by Crippen LogP contribution is 2.29. The van der Waals surface area contributed by atoms with Crippen molar-refractivity contribution in [3.63, 3.8) is 0 Å². The van der Waals surface area contributed by atoms with E-state index in [0.717, 1.165) is 26.9 Å². The predicted molar refractivity (Wildman–Crippen MR) is 105 cm³/mol. The van der Waals surface area contributed by atoms with E-state index in [-0.39, 0.29) is 5.91 Å². The van der Waals surface area contributed by atoms with Crippen LogP contribution in [0, 0.1) is 6.92 Å². The molecule has 4 rings (SSSR count). The smallest absolute Gasteiger partial charge is 0.259 e. The number of pyridine rings is 1. The molecular weight excluding hydrogens is 392 g/mol. The first-order chi connectivity index (χ1) is 12.6. The number of nitrogens with zero attached hydrogens (tertiary/aromatic N) is 3. The summed E-state index contributed by atoms with van der Waals surface area (Å²) in [5, 5.41) is 10.9. The Kier molecular flexibility index (Phi) is 4.26. The zero-order valence-corrected chi connectivity index (χ0v) is 15.6. The Morgan fingerprint density at radius 3 is 2.73 bits per heavy atom. The van der Waals surface area contributed by atoms with Crippen LogP contribution in [0.25, 0.3) is 16.8 Å². The molecule has 2 aromatic carbocycles. The highest BCUT2D eigenvalue weighted by Gasteiger charge is 2.15. The molecule has 0 saturated heterocycles.